The Bertz CT molecular complexity index is 282. The highest BCUT2D eigenvalue weighted by molar-refractivity contribution is 4.93. The van der Waals surface area contributed by atoms with Gasteiger partial charge < -0.3 is 10.3 Å². The quantitative estimate of drug-likeness (QED) is 0.668. The van der Waals surface area contributed by atoms with Crippen LogP contribution in [0.5, 0.6) is 0 Å². The van der Waals surface area contributed by atoms with E-state index in [-0.39, 0.29) is 0 Å². The Morgan fingerprint density at radius 1 is 1.28 bits per heavy atom. The first-order valence-electron chi connectivity index (χ1n) is 7.53. The van der Waals surface area contributed by atoms with Crippen LogP contribution in [0, 0.1) is 5.92 Å². The van der Waals surface area contributed by atoms with Crippen LogP contribution in [0.3, 0.4) is 0 Å². The molecule has 0 saturated carbocycles. The monoisotopic (exact) mass is 251 g/mol. The highest BCUT2D eigenvalue weighted by Crippen LogP contribution is 2.19. The minimum Gasteiger partial charge on any atom is -0.349 e. The highest BCUT2D eigenvalue weighted by Gasteiger charge is 2.20. The molecule has 2 atom stereocenters. The topological polar surface area (TPSA) is 40.7 Å². The first-order chi connectivity index (χ1) is 8.81. The van der Waals surface area contributed by atoms with Gasteiger partial charge in [-0.2, -0.15) is 0 Å². The van der Waals surface area contributed by atoms with Gasteiger partial charge in [0.25, 0.3) is 0 Å². The number of rotatable bonds is 10. The molecule has 1 heterocycles. The average Bonchev–Trinajstić information content (AvgIpc) is 2.89. The molecule has 2 N–H and O–H groups in total. The second-order valence-electron chi connectivity index (χ2n) is 5.11. The summed E-state index contributed by atoms with van der Waals surface area (Å²) in [5, 5.41) is 3.71. The molecule has 2 unspecified atom stereocenters. The molecule has 104 valence electrons. The van der Waals surface area contributed by atoms with Gasteiger partial charge in [-0.15, -0.1) is 0 Å². The number of hydrogen-bond donors (Lipinski definition) is 2. The van der Waals surface area contributed by atoms with E-state index in [1.54, 1.807) is 0 Å². The SMILES string of the molecule is CCCCC(CC)C(Cc1ncc[nH]1)NCCC. The van der Waals surface area contributed by atoms with Crippen molar-refractivity contribution in [2.45, 2.75) is 65.3 Å². The second-order valence-corrected chi connectivity index (χ2v) is 5.11. The standard InChI is InChI=1S/C15H29N3/c1-4-7-8-13(6-3)14(16-9-5-2)12-15-17-10-11-18-15/h10-11,13-14,16H,4-9,12H2,1-3H3,(H,17,18). The fourth-order valence-electron chi connectivity index (χ4n) is 2.51. The normalized spacial score (nSPS) is 14.6. The maximum atomic E-state index is 4.37. The largest absolute Gasteiger partial charge is 0.349 e. The Balaban J connectivity index is 2.56. The van der Waals surface area contributed by atoms with Crippen LogP contribution in [0.1, 0.15) is 58.7 Å². The van der Waals surface area contributed by atoms with Crippen molar-refractivity contribution in [2.75, 3.05) is 6.54 Å². The molecule has 0 radical (unpaired) electrons. The first-order valence-corrected chi connectivity index (χ1v) is 7.53. The van der Waals surface area contributed by atoms with Crippen LogP contribution in [0.15, 0.2) is 12.4 Å². The van der Waals surface area contributed by atoms with Crippen molar-refractivity contribution < 1.29 is 0 Å². The molecule has 0 aliphatic rings. The predicted molar refractivity (Wildman–Crippen MR) is 77.7 cm³/mol. The molecule has 1 aromatic heterocycles. The lowest BCUT2D eigenvalue weighted by atomic mass is 9.89. The highest BCUT2D eigenvalue weighted by atomic mass is 14.9. The number of H-pyrrole nitrogens is 1. The number of aromatic nitrogens is 2. The minimum absolute atomic E-state index is 0.563. The van der Waals surface area contributed by atoms with Crippen molar-refractivity contribution in [1.82, 2.24) is 15.3 Å². The number of aromatic amines is 1. The number of unbranched alkanes of at least 4 members (excludes halogenated alkanes) is 1. The van der Waals surface area contributed by atoms with Gasteiger partial charge >= 0.3 is 0 Å². The molecule has 0 spiro atoms. The summed E-state index contributed by atoms with van der Waals surface area (Å²) in [5.41, 5.74) is 0. The molecule has 1 rings (SSSR count). The third-order valence-corrected chi connectivity index (χ3v) is 3.65. The van der Waals surface area contributed by atoms with Gasteiger partial charge in [0.2, 0.25) is 0 Å². The lowest BCUT2D eigenvalue weighted by Crippen LogP contribution is -2.38. The molecular formula is C15H29N3. The predicted octanol–water partition coefficient (Wildman–Crippen LogP) is 3.54. The van der Waals surface area contributed by atoms with E-state index in [9.17, 15) is 0 Å². The van der Waals surface area contributed by atoms with Gasteiger partial charge in [0.05, 0.1) is 0 Å². The summed E-state index contributed by atoms with van der Waals surface area (Å²) in [6.45, 7) is 7.91. The van der Waals surface area contributed by atoms with Crippen molar-refractivity contribution in [3.05, 3.63) is 18.2 Å². The van der Waals surface area contributed by atoms with E-state index in [2.05, 4.69) is 36.1 Å². The molecule has 18 heavy (non-hydrogen) atoms. The summed E-state index contributed by atoms with van der Waals surface area (Å²) in [7, 11) is 0. The van der Waals surface area contributed by atoms with E-state index in [4.69, 9.17) is 0 Å². The first kappa shape index (κ1) is 15.2. The van der Waals surface area contributed by atoms with E-state index < -0.39 is 0 Å². The Hall–Kier alpha value is -0.830. The fraction of sp³-hybridized carbons (Fsp3) is 0.800. The van der Waals surface area contributed by atoms with Gasteiger partial charge in [-0.3, -0.25) is 0 Å². The number of nitrogens with one attached hydrogen (secondary N) is 2. The van der Waals surface area contributed by atoms with Gasteiger partial charge in [0, 0.05) is 24.9 Å². The van der Waals surface area contributed by atoms with Gasteiger partial charge in [-0.05, 0) is 25.3 Å². The zero-order valence-corrected chi connectivity index (χ0v) is 12.2. The average molecular weight is 251 g/mol. The maximum Gasteiger partial charge on any atom is 0.107 e. The summed E-state index contributed by atoms with van der Waals surface area (Å²) < 4.78 is 0. The van der Waals surface area contributed by atoms with Crippen LogP contribution >= 0.6 is 0 Å². The number of imidazole rings is 1. The minimum atomic E-state index is 0.563. The van der Waals surface area contributed by atoms with Crippen molar-refractivity contribution in [3.8, 4) is 0 Å². The van der Waals surface area contributed by atoms with Gasteiger partial charge in [0.15, 0.2) is 0 Å². The van der Waals surface area contributed by atoms with E-state index in [1.165, 1.54) is 32.1 Å². The van der Waals surface area contributed by atoms with E-state index in [0.29, 0.717) is 6.04 Å². The van der Waals surface area contributed by atoms with Crippen LogP contribution in [-0.2, 0) is 6.42 Å². The van der Waals surface area contributed by atoms with Crippen LogP contribution in [0.4, 0.5) is 0 Å². The van der Waals surface area contributed by atoms with E-state index >= 15 is 0 Å². The van der Waals surface area contributed by atoms with Crippen LogP contribution < -0.4 is 5.32 Å². The molecular weight excluding hydrogens is 222 g/mol. The van der Waals surface area contributed by atoms with Crippen LogP contribution in [0.25, 0.3) is 0 Å². The zero-order chi connectivity index (χ0) is 13.2. The Labute approximate surface area is 112 Å². The van der Waals surface area contributed by atoms with Crippen molar-refractivity contribution >= 4 is 0 Å². The lowest BCUT2D eigenvalue weighted by molar-refractivity contribution is 0.312. The molecule has 1 aromatic rings. The summed E-state index contributed by atoms with van der Waals surface area (Å²) in [6, 6.07) is 0.563. The Kier molecular flexibility index (Phi) is 7.74. The molecule has 3 nitrogen and oxygen atoms in total. The van der Waals surface area contributed by atoms with Crippen LogP contribution in [0.2, 0.25) is 0 Å². The van der Waals surface area contributed by atoms with Crippen molar-refractivity contribution in [2.24, 2.45) is 5.92 Å². The molecule has 0 fully saturated rings. The molecule has 0 saturated heterocycles. The molecule has 0 bridgehead atoms. The molecule has 0 aliphatic carbocycles. The van der Waals surface area contributed by atoms with Gasteiger partial charge in [-0.1, -0.05) is 40.0 Å². The molecule has 0 aliphatic heterocycles. The smallest absolute Gasteiger partial charge is 0.107 e. The van der Waals surface area contributed by atoms with Crippen molar-refractivity contribution in [1.29, 1.82) is 0 Å². The fourth-order valence-corrected chi connectivity index (χ4v) is 2.51. The number of hydrogen-bond acceptors (Lipinski definition) is 2. The third kappa shape index (κ3) is 5.21. The van der Waals surface area contributed by atoms with Gasteiger partial charge in [0.1, 0.15) is 5.82 Å². The summed E-state index contributed by atoms with van der Waals surface area (Å²) in [4.78, 5) is 7.59. The van der Waals surface area contributed by atoms with E-state index in [0.717, 1.165) is 24.7 Å². The summed E-state index contributed by atoms with van der Waals surface area (Å²) in [5.74, 6) is 1.88. The van der Waals surface area contributed by atoms with Gasteiger partial charge in [-0.25, -0.2) is 4.98 Å². The Morgan fingerprint density at radius 2 is 2.11 bits per heavy atom. The Morgan fingerprint density at radius 3 is 2.67 bits per heavy atom. The second kappa shape index (κ2) is 9.15. The zero-order valence-electron chi connectivity index (χ0n) is 12.2. The molecule has 3 heteroatoms. The third-order valence-electron chi connectivity index (χ3n) is 3.65. The van der Waals surface area contributed by atoms with E-state index in [1.807, 2.05) is 12.4 Å². The molecule has 0 aromatic carbocycles. The lowest BCUT2D eigenvalue weighted by Gasteiger charge is -2.27. The molecule has 0 amide bonds. The maximum absolute atomic E-state index is 4.37. The number of nitrogens with zero attached hydrogens (tertiary/aromatic N) is 1. The van der Waals surface area contributed by atoms with Crippen molar-refractivity contribution in [3.63, 3.8) is 0 Å². The summed E-state index contributed by atoms with van der Waals surface area (Å²) >= 11 is 0. The summed E-state index contributed by atoms with van der Waals surface area (Å²) in [6.07, 6.45) is 11.2. The van der Waals surface area contributed by atoms with Crippen LogP contribution in [-0.4, -0.2) is 22.6 Å².